The second-order valence-corrected chi connectivity index (χ2v) is 4.43. The van der Waals surface area contributed by atoms with Gasteiger partial charge >= 0.3 is 0 Å². The number of fused-ring (bicyclic) bond motifs is 1. The lowest BCUT2D eigenvalue weighted by Crippen LogP contribution is -2.11. The molecule has 1 aromatic carbocycles. The lowest BCUT2D eigenvalue weighted by molar-refractivity contribution is 0.287. The Morgan fingerprint density at radius 3 is 2.92 bits per heavy atom. The number of rotatable bonds is 0. The fraction of sp³-hybridized carbons (Fsp3) is 0.333. The molecule has 0 N–H and O–H groups in total. The first-order chi connectivity index (χ1) is 6.18. The molecule has 1 aliphatic rings. The minimum Gasteiger partial charge on any atom is -0.492 e. The number of hydrogen-bond acceptors (Lipinski definition) is 2. The van der Waals surface area contributed by atoms with Crippen LogP contribution < -0.4 is 4.74 Å². The van der Waals surface area contributed by atoms with Crippen LogP contribution in [0.5, 0.6) is 5.75 Å². The van der Waals surface area contributed by atoms with Gasteiger partial charge in [-0.3, -0.25) is 0 Å². The van der Waals surface area contributed by atoms with E-state index >= 15 is 0 Å². The summed E-state index contributed by atoms with van der Waals surface area (Å²) in [5, 5.41) is 1.38. The van der Waals surface area contributed by atoms with Crippen molar-refractivity contribution >= 4 is 35.8 Å². The molecule has 0 amide bonds. The smallest absolute Gasteiger partial charge is 0.142 e. The van der Waals surface area contributed by atoms with Crippen molar-refractivity contribution in [3.05, 3.63) is 27.7 Å². The highest BCUT2D eigenvalue weighted by atomic mass is 35.5. The molecule has 0 saturated heterocycles. The molecule has 0 aliphatic carbocycles. The zero-order valence-electron chi connectivity index (χ0n) is 6.76. The van der Waals surface area contributed by atoms with Crippen molar-refractivity contribution in [2.45, 2.75) is 11.7 Å². The maximum absolute atomic E-state index is 5.97. The molecule has 70 valence electrons. The van der Waals surface area contributed by atoms with Gasteiger partial charge in [0.05, 0.1) is 11.6 Å². The van der Waals surface area contributed by atoms with E-state index in [-0.39, 0.29) is 5.25 Å². The summed E-state index contributed by atoms with van der Waals surface area (Å²) in [7, 11) is 0. The van der Waals surface area contributed by atoms with Crippen molar-refractivity contribution in [1.29, 1.82) is 0 Å². The molecule has 0 spiro atoms. The lowest BCUT2D eigenvalue weighted by atomic mass is 10.1. The van der Waals surface area contributed by atoms with Gasteiger partial charge in [-0.1, -0.05) is 23.2 Å². The van der Waals surface area contributed by atoms with Crippen LogP contribution >= 0.6 is 35.8 Å². The molecule has 1 heterocycles. The summed E-state index contributed by atoms with van der Waals surface area (Å²) >= 11 is 16.3. The molecule has 1 atom stereocenters. The third-order valence-corrected chi connectivity index (χ3v) is 3.07. The van der Waals surface area contributed by atoms with Crippen molar-refractivity contribution in [2.24, 2.45) is 0 Å². The van der Waals surface area contributed by atoms with Crippen LogP contribution in [0.2, 0.25) is 10.0 Å². The van der Waals surface area contributed by atoms with E-state index in [1.54, 1.807) is 6.07 Å². The average Bonchev–Trinajstić information content (AvgIpc) is 2.07. The third-order valence-electron chi connectivity index (χ3n) is 2.03. The Morgan fingerprint density at radius 2 is 2.15 bits per heavy atom. The lowest BCUT2D eigenvalue weighted by Gasteiger charge is -2.23. The van der Waals surface area contributed by atoms with Crippen molar-refractivity contribution in [3.63, 3.8) is 0 Å². The van der Waals surface area contributed by atoms with E-state index in [0.717, 1.165) is 17.7 Å². The third kappa shape index (κ3) is 1.76. The molecule has 0 fully saturated rings. The Labute approximate surface area is 92.4 Å². The molecule has 1 aromatic rings. The average molecular weight is 235 g/mol. The fourth-order valence-electron chi connectivity index (χ4n) is 1.41. The van der Waals surface area contributed by atoms with E-state index in [1.807, 2.05) is 6.07 Å². The number of thiol groups is 1. The highest BCUT2D eigenvalue weighted by Crippen LogP contribution is 2.42. The van der Waals surface area contributed by atoms with E-state index < -0.39 is 0 Å². The van der Waals surface area contributed by atoms with Crippen molar-refractivity contribution < 1.29 is 4.74 Å². The van der Waals surface area contributed by atoms with Crippen LogP contribution in [0.1, 0.15) is 17.2 Å². The summed E-state index contributed by atoms with van der Waals surface area (Å²) in [6.45, 7) is 0.669. The van der Waals surface area contributed by atoms with Crippen LogP contribution in [0.25, 0.3) is 0 Å². The van der Waals surface area contributed by atoms with Crippen molar-refractivity contribution in [3.8, 4) is 5.75 Å². The van der Waals surface area contributed by atoms with E-state index in [2.05, 4.69) is 12.6 Å². The molecule has 2 rings (SSSR count). The molecule has 1 unspecified atom stereocenters. The minimum atomic E-state index is 0.181. The summed E-state index contributed by atoms with van der Waals surface area (Å²) in [5.41, 5.74) is 0.993. The van der Waals surface area contributed by atoms with Gasteiger partial charge in [0.1, 0.15) is 5.75 Å². The van der Waals surface area contributed by atoms with E-state index in [1.165, 1.54) is 0 Å². The Morgan fingerprint density at radius 1 is 1.38 bits per heavy atom. The highest BCUT2D eigenvalue weighted by molar-refractivity contribution is 7.80. The molecule has 4 heteroatoms. The molecule has 0 saturated carbocycles. The summed E-state index contributed by atoms with van der Waals surface area (Å²) in [6.07, 6.45) is 0.896. The van der Waals surface area contributed by atoms with E-state index in [0.29, 0.717) is 16.7 Å². The summed E-state index contributed by atoms with van der Waals surface area (Å²) in [4.78, 5) is 0. The van der Waals surface area contributed by atoms with Crippen LogP contribution in [0.15, 0.2) is 12.1 Å². The van der Waals surface area contributed by atoms with Gasteiger partial charge in [-0.05, 0) is 18.6 Å². The maximum Gasteiger partial charge on any atom is 0.142 e. The standard InChI is InChI=1S/C9H8Cl2OS/c10-5-3-6-8(13)1-2-12-9(6)7(11)4-5/h3-4,8,13H,1-2H2. The second kappa shape index (κ2) is 3.60. The first-order valence-corrected chi connectivity index (χ1v) is 5.25. The molecule has 13 heavy (non-hydrogen) atoms. The molecule has 0 aromatic heterocycles. The fourth-order valence-corrected chi connectivity index (χ4v) is 2.27. The van der Waals surface area contributed by atoms with E-state index in [4.69, 9.17) is 27.9 Å². The second-order valence-electron chi connectivity index (χ2n) is 2.96. The zero-order valence-corrected chi connectivity index (χ0v) is 9.16. The molecule has 0 bridgehead atoms. The van der Waals surface area contributed by atoms with Gasteiger partial charge in [0.2, 0.25) is 0 Å². The molecule has 1 nitrogen and oxygen atoms in total. The molecular weight excluding hydrogens is 227 g/mol. The minimum absolute atomic E-state index is 0.181. The van der Waals surface area contributed by atoms with Gasteiger partial charge in [-0.2, -0.15) is 12.6 Å². The topological polar surface area (TPSA) is 9.23 Å². The number of halogens is 2. The Balaban J connectivity index is 2.56. The predicted molar refractivity (Wildman–Crippen MR) is 58.3 cm³/mol. The Bertz CT molecular complexity index is 341. The van der Waals surface area contributed by atoms with Gasteiger partial charge < -0.3 is 4.74 Å². The van der Waals surface area contributed by atoms with Crippen LogP contribution in [-0.2, 0) is 0 Å². The SMILES string of the molecule is SC1CCOc2c(Cl)cc(Cl)cc21. The Kier molecular flexibility index (Phi) is 2.63. The van der Waals surface area contributed by atoms with Crippen molar-refractivity contribution in [2.75, 3.05) is 6.61 Å². The van der Waals surface area contributed by atoms with Crippen molar-refractivity contribution in [1.82, 2.24) is 0 Å². The van der Waals surface area contributed by atoms with Gasteiger partial charge in [-0.15, -0.1) is 0 Å². The first kappa shape index (κ1) is 9.50. The largest absolute Gasteiger partial charge is 0.492 e. The van der Waals surface area contributed by atoms with Crippen LogP contribution in [0, 0.1) is 0 Å². The maximum atomic E-state index is 5.97. The van der Waals surface area contributed by atoms with Gasteiger partial charge in [0.15, 0.2) is 0 Å². The van der Waals surface area contributed by atoms with Crippen LogP contribution in [0.4, 0.5) is 0 Å². The van der Waals surface area contributed by atoms with Gasteiger partial charge in [0.25, 0.3) is 0 Å². The highest BCUT2D eigenvalue weighted by Gasteiger charge is 2.21. The zero-order chi connectivity index (χ0) is 9.42. The quantitative estimate of drug-likeness (QED) is 0.674. The number of benzene rings is 1. The van der Waals surface area contributed by atoms with Gasteiger partial charge in [-0.25, -0.2) is 0 Å². The summed E-state index contributed by atoms with van der Waals surface area (Å²) < 4.78 is 5.44. The Hall–Kier alpha value is -0.0500. The molecule has 1 aliphatic heterocycles. The van der Waals surface area contributed by atoms with Crippen LogP contribution in [-0.4, -0.2) is 6.61 Å². The number of ether oxygens (including phenoxy) is 1. The van der Waals surface area contributed by atoms with Gasteiger partial charge in [0, 0.05) is 15.8 Å². The molecule has 0 radical (unpaired) electrons. The predicted octanol–water partition coefficient (Wildman–Crippen LogP) is 3.75. The monoisotopic (exact) mass is 234 g/mol. The molecular formula is C9H8Cl2OS. The normalized spacial score (nSPS) is 20.7. The van der Waals surface area contributed by atoms with E-state index in [9.17, 15) is 0 Å². The number of hydrogen-bond donors (Lipinski definition) is 1. The van der Waals surface area contributed by atoms with Crippen LogP contribution in [0.3, 0.4) is 0 Å². The first-order valence-electron chi connectivity index (χ1n) is 3.98. The summed E-state index contributed by atoms with van der Waals surface area (Å²) in [6, 6.07) is 3.55. The summed E-state index contributed by atoms with van der Waals surface area (Å²) in [5.74, 6) is 0.734.